The summed E-state index contributed by atoms with van der Waals surface area (Å²) in [6.45, 7) is 12.8. The van der Waals surface area contributed by atoms with Gasteiger partial charge in [-0.3, -0.25) is 0 Å². The van der Waals surface area contributed by atoms with E-state index in [-0.39, 0.29) is 19.3 Å². The zero-order valence-electron chi connectivity index (χ0n) is 14.2. The van der Waals surface area contributed by atoms with Crippen LogP contribution in [0.5, 0.6) is 0 Å². The minimum absolute atomic E-state index is 0.00516. The first-order chi connectivity index (χ1) is 9.44. The molecule has 2 unspecified atom stereocenters. The Kier molecular flexibility index (Phi) is 4.54. The molecule has 2 rings (SSSR count). The van der Waals surface area contributed by atoms with Crippen molar-refractivity contribution >= 4 is 0 Å². The molecule has 0 aliphatic carbocycles. The SMILES string of the molecule is CC(C)(C)[CH]1CC(c2ccco2)C[CH](C(C)(C)C)[Ti]1([OH])[OH]. The molecule has 3 nitrogen and oxygen atoms in total. The molecule has 1 aromatic heterocycles. The van der Waals surface area contributed by atoms with E-state index in [4.69, 9.17) is 4.42 Å². The van der Waals surface area contributed by atoms with Crippen molar-refractivity contribution in [3.8, 4) is 0 Å². The van der Waals surface area contributed by atoms with Crippen LogP contribution in [-0.4, -0.2) is 7.38 Å². The van der Waals surface area contributed by atoms with E-state index in [1.54, 1.807) is 6.26 Å². The van der Waals surface area contributed by atoms with Crippen LogP contribution in [0.25, 0.3) is 0 Å². The molecule has 2 atom stereocenters. The first-order valence-electron chi connectivity index (χ1n) is 7.92. The van der Waals surface area contributed by atoms with E-state index in [0.717, 1.165) is 18.6 Å². The zero-order chi connectivity index (χ0) is 16.1. The van der Waals surface area contributed by atoms with E-state index in [1.807, 2.05) is 12.1 Å². The number of furan rings is 1. The van der Waals surface area contributed by atoms with Crippen LogP contribution in [0.3, 0.4) is 0 Å². The average molecular weight is 330 g/mol. The topological polar surface area (TPSA) is 53.6 Å². The maximum atomic E-state index is 11.1. The molecule has 1 aliphatic rings. The molecule has 4 heteroatoms. The quantitative estimate of drug-likeness (QED) is 0.728. The molecule has 1 aliphatic heterocycles. The molecule has 0 bridgehead atoms. The third-order valence-electron chi connectivity index (χ3n) is 5.10. The summed E-state index contributed by atoms with van der Waals surface area (Å²) in [6, 6.07) is 3.95. The van der Waals surface area contributed by atoms with Crippen LogP contribution in [0.4, 0.5) is 0 Å². The third-order valence-corrected chi connectivity index (χ3v) is 11.7. The molecule has 21 heavy (non-hydrogen) atoms. The Bertz CT molecular complexity index is 439. The fraction of sp³-hybridized carbons (Fsp3) is 0.765. The van der Waals surface area contributed by atoms with Gasteiger partial charge in [0.25, 0.3) is 0 Å². The zero-order valence-corrected chi connectivity index (χ0v) is 15.7. The molecular weight excluding hydrogens is 300 g/mol. The van der Waals surface area contributed by atoms with Crippen molar-refractivity contribution < 1.29 is 29.2 Å². The summed E-state index contributed by atoms with van der Waals surface area (Å²) in [5.74, 6) is 1.29. The van der Waals surface area contributed by atoms with Crippen LogP contribution >= 0.6 is 0 Å². The molecule has 120 valence electrons. The molecule has 1 fully saturated rings. The number of hydrogen-bond acceptors (Lipinski definition) is 3. The Hall–Kier alpha value is -0.0857. The van der Waals surface area contributed by atoms with E-state index in [9.17, 15) is 7.38 Å². The summed E-state index contributed by atoms with van der Waals surface area (Å²) in [7, 11) is 0. The molecule has 1 aromatic rings. The van der Waals surface area contributed by atoms with Gasteiger partial charge in [-0.25, -0.2) is 0 Å². The first-order valence-corrected chi connectivity index (χ1v) is 11.1. The van der Waals surface area contributed by atoms with Crippen LogP contribution < -0.4 is 0 Å². The minimum atomic E-state index is -3.90. The second kappa shape index (κ2) is 5.52. The van der Waals surface area contributed by atoms with Gasteiger partial charge in [0.1, 0.15) is 0 Å². The van der Waals surface area contributed by atoms with Crippen molar-refractivity contribution in [2.45, 2.75) is 68.7 Å². The molecule has 2 heterocycles. The van der Waals surface area contributed by atoms with E-state index in [2.05, 4.69) is 41.5 Å². The summed E-state index contributed by atoms with van der Waals surface area (Å²) in [6.07, 6.45) is 3.38. The van der Waals surface area contributed by atoms with Gasteiger partial charge >= 0.3 is 133 Å². The van der Waals surface area contributed by atoms with Crippen molar-refractivity contribution in [1.29, 1.82) is 0 Å². The predicted octanol–water partition coefficient (Wildman–Crippen LogP) is 4.79. The Morgan fingerprint density at radius 1 is 1.00 bits per heavy atom. The monoisotopic (exact) mass is 330 g/mol. The Morgan fingerprint density at radius 2 is 1.48 bits per heavy atom. The second-order valence-corrected chi connectivity index (χ2v) is 13.4. The van der Waals surface area contributed by atoms with Crippen LogP contribution in [0.1, 0.15) is 66.1 Å². The predicted molar refractivity (Wildman–Crippen MR) is 81.5 cm³/mol. The van der Waals surface area contributed by atoms with Crippen molar-refractivity contribution in [2.75, 3.05) is 0 Å². The van der Waals surface area contributed by atoms with Crippen LogP contribution in [-0.2, 0) is 17.4 Å². The second-order valence-electron chi connectivity index (χ2n) is 8.80. The van der Waals surface area contributed by atoms with Gasteiger partial charge in [-0.2, -0.15) is 0 Å². The van der Waals surface area contributed by atoms with Crippen LogP contribution in [0.2, 0.25) is 8.45 Å². The summed E-state index contributed by atoms with van der Waals surface area (Å²) in [5.41, 5.74) is -0.170. The molecule has 0 saturated carbocycles. The average Bonchev–Trinajstić information content (AvgIpc) is 2.78. The van der Waals surface area contributed by atoms with Gasteiger partial charge in [0.05, 0.1) is 0 Å². The van der Waals surface area contributed by atoms with Crippen molar-refractivity contribution in [3.63, 3.8) is 0 Å². The van der Waals surface area contributed by atoms with Gasteiger partial charge in [0.15, 0.2) is 0 Å². The van der Waals surface area contributed by atoms with E-state index < -0.39 is 17.4 Å². The van der Waals surface area contributed by atoms with Gasteiger partial charge < -0.3 is 0 Å². The molecule has 0 spiro atoms. The molecule has 0 radical (unpaired) electrons. The first kappa shape index (κ1) is 17.3. The molecule has 2 N–H and O–H groups in total. The summed E-state index contributed by atoms with van der Waals surface area (Å²) in [4.78, 5) is 0. The van der Waals surface area contributed by atoms with E-state index in [0.29, 0.717) is 5.92 Å². The van der Waals surface area contributed by atoms with Crippen molar-refractivity contribution in [2.24, 2.45) is 10.8 Å². The Balaban J connectivity index is 2.41. The third kappa shape index (κ3) is 3.47. The molecule has 0 amide bonds. The van der Waals surface area contributed by atoms with Crippen molar-refractivity contribution in [1.82, 2.24) is 0 Å². The van der Waals surface area contributed by atoms with Crippen LogP contribution in [0.15, 0.2) is 22.8 Å². The van der Waals surface area contributed by atoms with Gasteiger partial charge in [-0.1, -0.05) is 0 Å². The maximum absolute atomic E-state index is 11.1. The summed E-state index contributed by atoms with van der Waals surface area (Å²) < 4.78 is 27.8. The number of rotatable bonds is 1. The Morgan fingerprint density at radius 3 is 1.81 bits per heavy atom. The van der Waals surface area contributed by atoms with Crippen molar-refractivity contribution in [3.05, 3.63) is 24.2 Å². The van der Waals surface area contributed by atoms with Crippen LogP contribution in [0, 0.1) is 10.8 Å². The molecular formula is C17H30O3Ti. The van der Waals surface area contributed by atoms with Gasteiger partial charge in [-0.15, -0.1) is 0 Å². The van der Waals surface area contributed by atoms with E-state index >= 15 is 0 Å². The van der Waals surface area contributed by atoms with Gasteiger partial charge in [-0.05, 0) is 0 Å². The summed E-state index contributed by atoms with van der Waals surface area (Å²) >= 11 is -3.90. The molecule has 0 aromatic carbocycles. The Labute approximate surface area is 133 Å². The summed E-state index contributed by atoms with van der Waals surface area (Å²) in [5, 5.41) is 0. The fourth-order valence-corrected chi connectivity index (χ4v) is 10.7. The number of hydrogen-bond donors (Lipinski definition) is 2. The van der Waals surface area contributed by atoms with E-state index in [1.165, 1.54) is 0 Å². The van der Waals surface area contributed by atoms with Gasteiger partial charge in [0, 0.05) is 0 Å². The standard InChI is InChI=1S/C17H28O.2H2O.Ti/c1-16(2,3)11-9-14(10-12-17(4,5)6)15-8-7-13-18-15;;;/h7-8,11-14H,9-10H2,1-6H3;2*1H2;/q;;;+2/p-2. The van der Waals surface area contributed by atoms with Gasteiger partial charge in [0.2, 0.25) is 0 Å². The fourth-order valence-electron chi connectivity index (χ4n) is 3.99. The molecule has 1 saturated heterocycles. The normalized spacial score (nSPS) is 30.4.